The zero-order chi connectivity index (χ0) is 14.2. The van der Waals surface area contributed by atoms with Crippen molar-refractivity contribution in [3.8, 4) is 11.3 Å². The molecule has 0 bridgehead atoms. The first-order valence-electron chi connectivity index (χ1n) is 7.48. The van der Waals surface area contributed by atoms with Crippen LogP contribution in [0.3, 0.4) is 0 Å². The van der Waals surface area contributed by atoms with E-state index in [1.807, 2.05) is 18.2 Å². The molecule has 0 aromatic carbocycles. The van der Waals surface area contributed by atoms with E-state index in [-0.39, 0.29) is 0 Å². The Labute approximate surface area is 120 Å². The third-order valence-electron chi connectivity index (χ3n) is 3.48. The van der Waals surface area contributed by atoms with E-state index in [1.54, 1.807) is 6.20 Å². The summed E-state index contributed by atoms with van der Waals surface area (Å²) >= 11 is 0. The van der Waals surface area contributed by atoms with Crippen LogP contribution in [0, 0.1) is 0 Å². The second-order valence-electron chi connectivity index (χ2n) is 5.10. The van der Waals surface area contributed by atoms with E-state index in [9.17, 15) is 0 Å². The first-order chi connectivity index (χ1) is 9.83. The van der Waals surface area contributed by atoms with Crippen LogP contribution >= 0.6 is 0 Å². The maximum absolute atomic E-state index is 5.87. The van der Waals surface area contributed by atoms with Gasteiger partial charge in [0.25, 0.3) is 0 Å². The number of aryl methyl sites for hydroxylation is 1. The van der Waals surface area contributed by atoms with Gasteiger partial charge in [0, 0.05) is 6.20 Å². The molecule has 0 amide bonds. The summed E-state index contributed by atoms with van der Waals surface area (Å²) < 4.78 is 5.13. The molecular formula is C16H23N3O. The summed E-state index contributed by atoms with van der Waals surface area (Å²) in [6.45, 7) is 2.23. The molecule has 2 rings (SSSR count). The summed E-state index contributed by atoms with van der Waals surface area (Å²) in [5.74, 6) is 0.365. The van der Waals surface area contributed by atoms with Crippen LogP contribution in [0.4, 0.5) is 5.88 Å². The number of nitrogen functional groups attached to an aromatic ring is 1. The van der Waals surface area contributed by atoms with Crippen LogP contribution in [0.1, 0.15) is 51.1 Å². The average Bonchev–Trinajstić information content (AvgIpc) is 2.84. The van der Waals surface area contributed by atoms with Gasteiger partial charge in [0.2, 0.25) is 5.88 Å². The Morgan fingerprint density at radius 3 is 2.65 bits per heavy atom. The molecule has 2 heterocycles. The molecule has 0 radical (unpaired) electrons. The van der Waals surface area contributed by atoms with Gasteiger partial charge in [0.1, 0.15) is 0 Å². The van der Waals surface area contributed by atoms with Gasteiger partial charge in [-0.25, -0.2) is 0 Å². The Kier molecular flexibility index (Phi) is 5.59. The fourth-order valence-electron chi connectivity index (χ4n) is 2.37. The summed E-state index contributed by atoms with van der Waals surface area (Å²) in [5.41, 5.74) is 8.50. The number of rotatable bonds is 8. The highest BCUT2D eigenvalue weighted by molar-refractivity contribution is 5.71. The Balaban J connectivity index is 1.93. The number of unbranched alkanes of at least 4 members (excludes halogenated alkanes) is 5. The van der Waals surface area contributed by atoms with Crippen molar-refractivity contribution in [2.24, 2.45) is 0 Å². The predicted octanol–water partition coefficient (Wildman–Crippen LogP) is 4.22. The van der Waals surface area contributed by atoms with Gasteiger partial charge in [0.15, 0.2) is 0 Å². The van der Waals surface area contributed by atoms with E-state index >= 15 is 0 Å². The molecular weight excluding hydrogens is 250 g/mol. The average molecular weight is 273 g/mol. The molecule has 0 atom stereocenters. The zero-order valence-electron chi connectivity index (χ0n) is 12.1. The first-order valence-corrected chi connectivity index (χ1v) is 7.48. The number of hydrogen-bond donors (Lipinski definition) is 1. The fraction of sp³-hybridized carbons (Fsp3) is 0.500. The van der Waals surface area contributed by atoms with Crippen molar-refractivity contribution < 1.29 is 4.52 Å². The minimum Gasteiger partial charge on any atom is -0.367 e. The van der Waals surface area contributed by atoms with Crippen molar-refractivity contribution in [2.75, 3.05) is 5.73 Å². The van der Waals surface area contributed by atoms with E-state index < -0.39 is 0 Å². The predicted molar refractivity (Wildman–Crippen MR) is 81.2 cm³/mol. The minimum absolute atomic E-state index is 0.365. The fourth-order valence-corrected chi connectivity index (χ4v) is 2.37. The molecule has 0 aliphatic rings. The van der Waals surface area contributed by atoms with E-state index in [1.165, 1.54) is 32.1 Å². The molecule has 0 saturated heterocycles. The van der Waals surface area contributed by atoms with Crippen LogP contribution in [-0.4, -0.2) is 10.1 Å². The number of aromatic nitrogens is 2. The first kappa shape index (κ1) is 14.6. The largest absolute Gasteiger partial charge is 0.367 e. The van der Waals surface area contributed by atoms with E-state index in [2.05, 4.69) is 17.1 Å². The SMILES string of the molecule is CCCCCCCCc1noc(N)c1-c1ccccn1. The maximum atomic E-state index is 5.87. The highest BCUT2D eigenvalue weighted by Crippen LogP contribution is 2.29. The van der Waals surface area contributed by atoms with Gasteiger partial charge in [-0.05, 0) is 25.0 Å². The van der Waals surface area contributed by atoms with Crippen LogP contribution in [0.25, 0.3) is 11.3 Å². The molecule has 0 unspecified atom stereocenters. The number of nitrogens with zero attached hydrogens (tertiary/aromatic N) is 2. The van der Waals surface area contributed by atoms with Crippen LogP contribution in [-0.2, 0) is 6.42 Å². The van der Waals surface area contributed by atoms with E-state index in [4.69, 9.17) is 10.3 Å². The standard InChI is InChI=1S/C16H23N3O/c1-2-3-4-5-6-7-11-14-15(16(17)20-19-14)13-10-8-9-12-18-13/h8-10,12H,2-7,11,17H2,1H3. The van der Waals surface area contributed by atoms with Gasteiger partial charge in [-0.2, -0.15) is 0 Å². The number of pyridine rings is 1. The Morgan fingerprint density at radius 2 is 1.90 bits per heavy atom. The second-order valence-corrected chi connectivity index (χ2v) is 5.10. The number of hydrogen-bond acceptors (Lipinski definition) is 4. The quantitative estimate of drug-likeness (QED) is 0.731. The molecule has 0 saturated carbocycles. The lowest BCUT2D eigenvalue weighted by Gasteiger charge is -2.02. The lowest BCUT2D eigenvalue weighted by atomic mass is 10.0. The summed E-state index contributed by atoms with van der Waals surface area (Å²) in [4.78, 5) is 4.33. The molecule has 20 heavy (non-hydrogen) atoms. The van der Waals surface area contributed by atoms with Gasteiger partial charge in [-0.15, -0.1) is 0 Å². The normalized spacial score (nSPS) is 10.8. The number of anilines is 1. The van der Waals surface area contributed by atoms with Crippen LogP contribution in [0.2, 0.25) is 0 Å². The van der Waals surface area contributed by atoms with Gasteiger partial charge >= 0.3 is 0 Å². The van der Waals surface area contributed by atoms with Crippen molar-refractivity contribution >= 4 is 5.88 Å². The van der Waals surface area contributed by atoms with Crippen molar-refractivity contribution in [2.45, 2.75) is 51.9 Å². The van der Waals surface area contributed by atoms with Crippen LogP contribution in [0.5, 0.6) is 0 Å². The molecule has 2 aromatic heterocycles. The third-order valence-corrected chi connectivity index (χ3v) is 3.48. The maximum Gasteiger partial charge on any atom is 0.231 e. The summed E-state index contributed by atoms with van der Waals surface area (Å²) in [6, 6.07) is 5.78. The molecule has 0 aliphatic carbocycles. The van der Waals surface area contributed by atoms with Crippen LogP contribution < -0.4 is 5.73 Å². The number of nitrogens with two attached hydrogens (primary N) is 1. The van der Waals surface area contributed by atoms with Crippen molar-refractivity contribution in [1.82, 2.24) is 10.1 Å². The van der Waals surface area contributed by atoms with Gasteiger partial charge in [-0.3, -0.25) is 4.98 Å². The Morgan fingerprint density at radius 1 is 1.10 bits per heavy atom. The molecule has 0 spiro atoms. The van der Waals surface area contributed by atoms with Crippen molar-refractivity contribution in [1.29, 1.82) is 0 Å². The Bertz CT molecular complexity index is 508. The van der Waals surface area contributed by atoms with Crippen molar-refractivity contribution in [3.63, 3.8) is 0 Å². The Hall–Kier alpha value is -1.84. The summed E-state index contributed by atoms with van der Waals surface area (Å²) in [6.07, 6.45) is 10.2. The topological polar surface area (TPSA) is 64.9 Å². The van der Waals surface area contributed by atoms with Crippen molar-refractivity contribution in [3.05, 3.63) is 30.1 Å². The molecule has 4 nitrogen and oxygen atoms in total. The van der Waals surface area contributed by atoms with E-state index in [0.717, 1.165) is 29.8 Å². The monoisotopic (exact) mass is 273 g/mol. The molecule has 108 valence electrons. The lowest BCUT2D eigenvalue weighted by Crippen LogP contribution is -1.93. The molecule has 0 fully saturated rings. The van der Waals surface area contributed by atoms with Gasteiger partial charge in [-0.1, -0.05) is 50.3 Å². The molecule has 2 aromatic rings. The minimum atomic E-state index is 0.365. The summed E-state index contributed by atoms with van der Waals surface area (Å²) in [5, 5.41) is 4.09. The van der Waals surface area contributed by atoms with Crippen LogP contribution in [0.15, 0.2) is 28.9 Å². The lowest BCUT2D eigenvalue weighted by molar-refractivity contribution is 0.425. The van der Waals surface area contributed by atoms with Gasteiger partial charge < -0.3 is 10.3 Å². The molecule has 0 aliphatic heterocycles. The second kappa shape index (κ2) is 7.68. The third kappa shape index (κ3) is 3.83. The highest BCUT2D eigenvalue weighted by Gasteiger charge is 2.15. The van der Waals surface area contributed by atoms with Gasteiger partial charge in [0.05, 0.1) is 17.0 Å². The van der Waals surface area contributed by atoms with E-state index in [0.29, 0.717) is 5.88 Å². The molecule has 2 N–H and O–H groups in total. The smallest absolute Gasteiger partial charge is 0.231 e. The zero-order valence-corrected chi connectivity index (χ0v) is 12.1. The summed E-state index contributed by atoms with van der Waals surface area (Å²) in [7, 11) is 0. The molecule has 4 heteroatoms. The highest BCUT2D eigenvalue weighted by atomic mass is 16.5.